The Morgan fingerprint density at radius 1 is 1.36 bits per heavy atom. The molecule has 1 aromatic rings. The van der Waals surface area contributed by atoms with E-state index in [2.05, 4.69) is 15.6 Å². The van der Waals surface area contributed by atoms with E-state index >= 15 is 0 Å². The number of carbonyl (C=O) groups is 2. The van der Waals surface area contributed by atoms with E-state index in [1.807, 2.05) is 6.92 Å². The Morgan fingerprint density at radius 3 is 2.64 bits per heavy atom. The van der Waals surface area contributed by atoms with Crippen LogP contribution in [-0.4, -0.2) is 47.5 Å². The minimum atomic E-state index is -0.363. The summed E-state index contributed by atoms with van der Waals surface area (Å²) in [5, 5.41) is 5.63. The van der Waals surface area contributed by atoms with Crippen LogP contribution in [0.1, 0.15) is 35.8 Å². The topological polar surface area (TPSA) is 94.3 Å². The van der Waals surface area contributed by atoms with Gasteiger partial charge in [0.05, 0.1) is 0 Å². The number of nitrogens with zero attached hydrogens (tertiary/aromatic N) is 1. The Kier molecular flexibility index (Phi) is 5.19. The molecule has 3 N–H and O–H groups in total. The van der Waals surface area contributed by atoms with Gasteiger partial charge in [-0.1, -0.05) is 0 Å². The Labute approximate surface area is 129 Å². The zero-order chi connectivity index (χ0) is 16.1. The predicted molar refractivity (Wildman–Crippen MR) is 82.9 cm³/mol. The highest BCUT2D eigenvalue weighted by atomic mass is 16.2. The molecule has 3 amide bonds. The summed E-state index contributed by atoms with van der Waals surface area (Å²) in [7, 11) is 0. The number of aryl methyl sites for hydroxylation is 1. The van der Waals surface area contributed by atoms with E-state index in [4.69, 9.17) is 0 Å². The Bertz CT molecular complexity index is 603. The SMILES string of the molecule is CCNC(=O)N1CCC(NC(=O)c2c[nH]c(C)cc2=O)CC1. The zero-order valence-corrected chi connectivity index (χ0v) is 12.9. The van der Waals surface area contributed by atoms with Crippen LogP contribution >= 0.6 is 0 Å². The van der Waals surface area contributed by atoms with E-state index in [9.17, 15) is 14.4 Å². The molecular weight excluding hydrogens is 284 g/mol. The normalized spacial score (nSPS) is 15.5. The van der Waals surface area contributed by atoms with Crippen LogP contribution in [0.4, 0.5) is 4.79 Å². The Balaban J connectivity index is 1.89. The van der Waals surface area contributed by atoms with Crippen molar-refractivity contribution in [2.24, 2.45) is 0 Å². The molecule has 2 rings (SSSR count). The summed E-state index contributed by atoms with van der Waals surface area (Å²) in [5.41, 5.74) is 0.557. The number of carbonyl (C=O) groups excluding carboxylic acids is 2. The first kappa shape index (κ1) is 16.1. The lowest BCUT2D eigenvalue weighted by Crippen LogP contribution is -2.49. The van der Waals surface area contributed by atoms with Crippen molar-refractivity contribution >= 4 is 11.9 Å². The lowest BCUT2D eigenvalue weighted by molar-refractivity contribution is 0.0916. The molecule has 7 nitrogen and oxygen atoms in total. The first-order valence-electron chi connectivity index (χ1n) is 7.54. The van der Waals surface area contributed by atoms with Crippen LogP contribution < -0.4 is 16.1 Å². The third-order valence-electron chi connectivity index (χ3n) is 3.75. The smallest absolute Gasteiger partial charge is 0.317 e. The van der Waals surface area contributed by atoms with Crippen LogP contribution in [0, 0.1) is 6.92 Å². The van der Waals surface area contributed by atoms with Crippen LogP contribution in [0.2, 0.25) is 0 Å². The molecule has 22 heavy (non-hydrogen) atoms. The molecule has 1 saturated heterocycles. The molecule has 1 fully saturated rings. The van der Waals surface area contributed by atoms with Gasteiger partial charge in [-0.2, -0.15) is 0 Å². The lowest BCUT2D eigenvalue weighted by atomic mass is 10.0. The van der Waals surface area contributed by atoms with Crippen molar-refractivity contribution in [1.29, 1.82) is 0 Å². The molecule has 2 heterocycles. The number of hydrogen-bond donors (Lipinski definition) is 3. The van der Waals surface area contributed by atoms with Gasteiger partial charge in [0.2, 0.25) is 0 Å². The van der Waals surface area contributed by atoms with Crippen LogP contribution in [0.3, 0.4) is 0 Å². The van der Waals surface area contributed by atoms with Crippen molar-refractivity contribution in [3.63, 3.8) is 0 Å². The standard InChI is InChI=1S/C15H22N4O3/c1-3-16-15(22)19-6-4-11(5-7-19)18-14(21)12-9-17-10(2)8-13(12)20/h8-9,11H,3-7H2,1-2H3,(H,16,22)(H,17,20)(H,18,21). The number of piperidine rings is 1. The molecule has 7 heteroatoms. The summed E-state index contributed by atoms with van der Waals surface area (Å²) >= 11 is 0. The van der Waals surface area contributed by atoms with Crippen molar-refractivity contribution in [3.05, 3.63) is 33.7 Å². The number of likely N-dealkylation sites (tertiary alicyclic amines) is 1. The molecule has 1 aromatic heterocycles. The van der Waals surface area contributed by atoms with E-state index in [-0.39, 0.29) is 29.0 Å². The number of pyridine rings is 1. The molecule has 0 aromatic carbocycles. The minimum absolute atomic E-state index is 0.0149. The van der Waals surface area contributed by atoms with Gasteiger partial charge >= 0.3 is 6.03 Å². The highest BCUT2D eigenvalue weighted by Crippen LogP contribution is 2.11. The van der Waals surface area contributed by atoms with Gasteiger partial charge in [-0.05, 0) is 26.7 Å². The molecule has 0 spiro atoms. The molecule has 0 bridgehead atoms. The van der Waals surface area contributed by atoms with E-state index in [1.165, 1.54) is 12.3 Å². The number of amides is 3. The second kappa shape index (κ2) is 7.11. The second-order valence-corrected chi connectivity index (χ2v) is 5.46. The second-order valence-electron chi connectivity index (χ2n) is 5.46. The molecule has 1 aliphatic rings. The van der Waals surface area contributed by atoms with Gasteiger partial charge < -0.3 is 20.5 Å². The predicted octanol–water partition coefficient (Wildman–Crippen LogP) is 0.607. The van der Waals surface area contributed by atoms with Gasteiger partial charge in [0.1, 0.15) is 5.56 Å². The van der Waals surface area contributed by atoms with Crippen molar-refractivity contribution in [2.75, 3.05) is 19.6 Å². The van der Waals surface area contributed by atoms with E-state index in [0.29, 0.717) is 32.5 Å². The van der Waals surface area contributed by atoms with Crippen molar-refractivity contribution in [2.45, 2.75) is 32.7 Å². The first-order chi connectivity index (χ1) is 10.5. The van der Waals surface area contributed by atoms with Gasteiger partial charge in [-0.25, -0.2) is 4.79 Å². The summed E-state index contributed by atoms with van der Waals surface area (Å²) in [6, 6.07) is 1.33. The van der Waals surface area contributed by atoms with Crippen LogP contribution in [-0.2, 0) is 0 Å². The maximum absolute atomic E-state index is 12.1. The minimum Gasteiger partial charge on any atom is -0.364 e. The Hall–Kier alpha value is -2.31. The number of hydrogen-bond acceptors (Lipinski definition) is 3. The van der Waals surface area contributed by atoms with E-state index in [1.54, 1.807) is 11.8 Å². The molecule has 120 valence electrons. The fourth-order valence-electron chi connectivity index (χ4n) is 2.50. The number of nitrogens with one attached hydrogen (secondary N) is 3. The molecule has 0 saturated carbocycles. The number of rotatable bonds is 3. The van der Waals surface area contributed by atoms with Crippen LogP contribution in [0.5, 0.6) is 0 Å². The van der Waals surface area contributed by atoms with Gasteiger partial charge in [-0.3, -0.25) is 9.59 Å². The molecule has 0 aliphatic carbocycles. The first-order valence-corrected chi connectivity index (χ1v) is 7.54. The highest BCUT2D eigenvalue weighted by Gasteiger charge is 2.24. The molecule has 0 atom stereocenters. The average molecular weight is 306 g/mol. The number of aromatic nitrogens is 1. The maximum atomic E-state index is 12.1. The Morgan fingerprint density at radius 2 is 2.05 bits per heavy atom. The third kappa shape index (κ3) is 3.87. The summed E-state index contributed by atoms with van der Waals surface area (Å²) in [4.78, 5) is 40.3. The largest absolute Gasteiger partial charge is 0.364 e. The fourth-order valence-corrected chi connectivity index (χ4v) is 2.50. The molecular formula is C15H22N4O3. The van der Waals surface area contributed by atoms with E-state index < -0.39 is 0 Å². The monoisotopic (exact) mass is 306 g/mol. The van der Waals surface area contributed by atoms with Crippen molar-refractivity contribution in [3.8, 4) is 0 Å². The van der Waals surface area contributed by atoms with Crippen LogP contribution in [0.25, 0.3) is 0 Å². The number of urea groups is 1. The van der Waals surface area contributed by atoms with Gasteiger partial charge in [0.25, 0.3) is 5.91 Å². The van der Waals surface area contributed by atoms with Gasteiger partial charge in [0, 0.05) is 43.6 Å². The van der Waals surface area contributed by atoms with Crippen LogP contribution in [0.15, 0.2) is 17.1 Å². The summed E-state index contributed by atoms with van der Waals surface area (Å²) in [6.45, 7) is 5.44. The average Bonchev–Trinajstić information content (AvgIpc) is 2.48. The van der Waals surface area contributed by atoms with Gasteiger partial charge in [-0.15, -0.1) is 0 Å². The summed E-state index contributed by atoms with van der Waals surface area (Å²) in [5.74, 6) is -0.363. The maximum Gasteiger partial charge on any atom is 0.317 e. The van der Waals surface area contributed by atoms with Crippen molar-refractivity contribution < 1.29 is 9.59 Å². The quantitative estimate of drug-likeness (QED) is 0.763. The molecule has 0 radical (unpaired) electrons. The lowest BCUT2D eigenvalue weighted by Gasteiger charge is -2.32. The molecule has 1 aliphatic heterocycles. The highest BCUT2D eigenvalue weighted by molar-refractivity contribution is 5.94. The third-order valence-corrected chi connectivity index (χ3v) is 3.75. The molecule has 0 unspecified atom stereocenters. The van der Waals surface area contributed by atoms with Crippen molar-refractivity contribution in [1.82, 2.24) is 20.5 Å². The summed E-state index contributed by atoms with van der Waals surface area (Å²) < 4.78 is 0. The number of H-pyrrole nitrogens is 1. The van der Waals surface area contributed by atoms with E-state index in [0.717, 1.165) is 5.69 Å². The zero-order valence-electron chi connectivity index (χ0n) is 12.9. The van der Waals surface area contributed by atoms with Gasteiger partial charge in [0.15, 0.2) is 5.43 Å². The summed E-state index contributed by atoms with van der Waals surface area (Å²) in [6.07, 6.45) is 2.82. The fraction of sp³-hybridized carbons (Fsp3) is 0.533. The number of aromatic amines is 1.